The van der Waals surface area contributed by atoms with Crippen molar-refractivity contribution in [3.63, 3.8) is 0 Å². The Hall–Kier alpha value is -2.65. The van der Waals surface area contributed by atoms with E-state index in [2.05, 4.69) is 15.2 Å². The maximum Gasteiger partial charge on any atom is 0.416 e. The van der Waals surface area contributed by atoms with Crippen LogP contribution in [0.5, 0.6) is 0 Å². The third-order valence-corrected chi connectivity index (χ3v) is 9.13. The van der Waals surface area contributed by atoms with Crippen molar-refractivity contribution >= 4 is 6.03 Å². The zero-order valence-electron chi connectivity index (χ0n) is 20.0. The second kappa shape index (κ2) is 7.44. The number of aromatic nitrogens is 3. The largest absolute Gasteiger partial charge is 0.416 e. The summed E-state index contributed by atoms with van der Waals surface area (Å²) in [6, 6.07) is 2.91. The molecule has 3 heterocycles. The van der Waals surface area contributed by atoms with E-state index in [-0.39, 0.29) is 22.8 Å². The van der Waals surface area contributed by atoms with E-state index in [9.17, 15) is 22.4 Å². The first-order valence-corrected chi connectivity index (χ1v) is 12.9. The van der Waals surface area contributed by atoms with Gasteiger partial charge in [-0.2, -0.15) is 13.2 Å². The Kier molecular flexibility index (Phi) is 4.66. The number of carbonyl (C=O) groups excluding carboxylic acids is 1. The third-order valence-electron chi connectivity index (χ3n) is 9.13. The fourth-order valence-electron chi connectivity index (χ4n) is 7.28. The van der Waals surface area contributed by atoms with E-state index in [1.165, 1.54) is 18.9 Å². The maximum absolute atomic E-state index is 13.7. The molecule has 1 aromatic carbocycles. The van der Waals surface area contributed by atoms with Crippen LogP contribution in [0, 0.1) is 22.6 Å². The molecule has 3 aliphatic carbocycles. The minimum atomic E-state index is -4.54. The number of nitrogens with zero attached hydrogens (tertiary/aromatic N) is 4. The monoisotopic (exact) mass is 503 g/mol. The Morgan fingerprint density at radius 3 is 2.08 bits per heavy atom. The van der Waals surface area contributed by atoms with Gasteiger partial charge >= 0.3 is 12.2 Å². The topological polar surface area (TPSA) is 65.1 Å². The van der Waals surface area contributed by atoms with Gasteiger partial charge in [-0.05, 0) is 74.6 Å². The molecule has 5 aliphatic rings. The van der Waals surface area contributed by atoms with Crippen LogP contribution in [0.15, 0.2) is 18.2 Å². The van der Waals surface area contributed by atoms with E-state index in [1.807, 2.05) is 9.80 Å². The molecule has 10 heteroatoms. The molecule has 0 bridgehead atoms. The molecule has 2 aliphatic heterocycles. The number of carbonyl (C=O) groups is 1. The predicted molar refractivity (Wildman–Crippen MR) is 122 cm³/mol. The quantitative estimate of drug-likeness (QED) is 0.591. The van der Waals surface area contributed by atoms with Crippen molar-refractivity contribution in [3.05, 3.63) is 46.8 Å². The zero-order valence-corrected chi connectivity index (χ0v) is 20.0. The number of alkyl halides is 3. The minimum Gasteiger partial charge on any atom is -0.328 e. The number of rotatable bonds is 4. The molecular weight excluding hydrogens is 474 g/mol. The van der Waals surface area contributed by atoms with Gasteiger partial charge in [0.2, 0.25) is 0 Å². The number of urea groups is 1. The summed E-state index contributed by atoms with van der Waals surface area (Å²) in [6.07, 6.45) is 2.16. The highest BCUT2D eigenvalue weighted by Gasteiger charge is 2.58. The van der Waals surface area contributed by atoms with Crippen LogP contribution in [-0.4, -0.2) is 57.2 Å². The summed E-state index contributed by atoms with van der Waals surface area (Å²) >= 11 is 0. The molecule has 192 valence electrons. The van der Waals surface area contributed by atoms with Crippen LogP contribution in [0.25, 0.3) is 0 Å². The van der Waals surface area contributed by atoms with E-state index in [4.69, 9.17) is 0 Å². The summed E-state index contributed by atoms with van der Waals surface area (Å²) in [5.41, 5.74) is -0.206. The first-order chi connectivity index (χ1) is 17.1. The fourth-order valence-corrected chi connectivity index (χ4v) is 7.28. The summed E-state index contributed by atoms with van der Waals surface area (Å²) in [6.45, 7) is 3.04. The lowest BCUT2D eigenvalue weighted by Crippen LogP contribution is -2.70. The second-order valence-electron chi connectivity index (χ2n) is 12.3. The van der Waals surface area contributed by atoms with Crippen LogP contribution in [0.4, 0.5) is 22.4 Å². The average molecular weight is 504 g/mol. The van der Waals surface area contributed by atoms with Gasteiger partial charge in [0.25, 0.3) is 0 Å². The normalized spacial score (nSPS) is 24.9. The number of hydrogen-bond acceptors (Lipinski definition) is 3. The van der Waals surface area contributed by atoms with Crippen molar-refractivity contribution in [2.75, 3.05) is 26.2 Å². The number of aromatic amines is 1. The lowest BCUT2D eigenvalue weighted by Gasteiger charge is -2.63. The molecule has 0 unspecified atom stereocenters. The van der Waals surface area contributed by atoms with E-state index in [0.717, 1.165) is 56.5 Å². The van der Waals surface area contributed by atoms with Crippen LogP contribution >= 0.6 is 0 Å². The Labute approximate surface area is 206 Å². The molecule has 7 rings (SSSR count). The van der Waals surface area contributed by atoms with Crippen LogP contribution in [0.2, 0.25) is 0 Å². The smallest absolute Gasteiger partial charge is 0.328 e. The molecule has 2 spiro atoms. The zero-order chi connectivity index (χ0) is 24.9. The molecule has 0 radical (unpaired) electrons. The summed E-state index contributed by atoms with van der Waals surface area (Å²) < 4.78 is 52.6. The molecule has 0 atom stereocenters. The van der Waals surface area contributed by atoms with Gasteiger partial charge in [-0.1, -0.05) is 0 Å². The number of nitrogens with one attached hydrogen (secondary N) is 1. The SMILES string of the molecule is O=C(N1CC2(CC(Cc3cc(F)cc(C(F)(F)F)c3)C2)C1)N1CC2(CC(c3nnc(C4CC4)[nH]3)C2)C1. The van der Waals surface area contributed by atoms with Crippen LogP contribution < -0.4 is 0 Å². The van der Waals surface area contributed by atoms with Gasteiger partial charge < -0.3 is 14.8 Å². The molecule has 6 nitrogen and oxygen atoms in total. The van der Waals surface area contributed by atoms with E-state index in [1.54, 1.807) is 0 Å². The highest BCUT2D eigenvalue weighted by atomic mass is 19.4. The lowest BCUT2D eigenvalue weighted by atomic mass is 9.56. The number of halogens is 4. The van der Waals surface area contributed by atoms with E-state index < -0.39 is 17.6 Å². The number of likely N-dealkylation sites (tertiary alicyclic amines) is 2. The van der Waals surface area contributed by atoms with Crippen LogP contribution in [0.3, 0.4) is 0 Å². The first-order valence-electron chi connectivity index (χ1n) is 12.9. The first kappa shape index (κ1) is 22.5. The van der Waals surface area contributed by atoms with Gasteiger partial charge in [-0.25, -0.2) is 9.18 Å². The number of H-pyrrole nitrogens is 1. The molecule has 2 amide bonds. The van der Waals surface area contributed by atoms with Gasteiger partial charge in [-0.3, -0.25) is 0 Å². The van der Waals surface area contributed by atoms with E-state index in [0.29, 0.717) is 43.0 Å². The Morgan fingerprint density at radius 2 is 1.50 bits per heavy atom. The maximum atomic E-state index is 13.7. The summed E-state index contributed by atoms with van der Waals surface area (Å²) in [7, 11) is 0. The van der Waals surface area contributed by atoms with Gasteiger partial charge in [0.15, 0.2) is 0 Å². The standard InChI is InChI=1S/C26H29F4N5O/c27-20-5-15(4-19(6-20)26(28,29)30)3-16-7-24(8-16)11-34(12-24)23(36)35-13-25(14-35)9-18(10-25)22-31-21(32-33-22)17-1-2-17/h4-6,16-18H,1-3,7-14H2,(H,31,32,33). The van der Waals surface area contributed by atoms with Crippen molar-refractivity contribution < 1.29 is 22.4 Å². The highest BCUT2D eigenvalue weighted by Crippen LogP contribution is 2.57. The summed E-state index contributed by atoms with van der Waals surface area (Å²) in [4.78, 5) is 20.2. The van der Waals surface area contributed by atoms with Crippen LogP contribution in [0.1, 0.15) is 73.1 Å². The molecule has 2 aromatic rings. The van der Waals surface area contributed by atoms with Crippen molar-refractivity contribution in [2.45, 2.75) is 63.0 Å². The van der Waals surface area contributed by atoms with Gasteiger partial charge in [0.1, 0.15) is 17.5 Å². The average Bonchev–Trinajstić information content (AvgIpc) is 3.43. The predicted octanol–water partition coefficient (Wildman–Crippen LogP) is 5.09. The van der Waals surface area contributed by atoms with Gasteiger partial charge in [0, 0.05) is 48.8 Å². The lowest BCUT2D eigenvalue weighted by molar-refractivity contribution is -0.137. The highest BCUT2D eigenvalue weighted by molar-refractivity contribution is 5.77. The van der Waals surface area contributed by atoms with Crippen molar-refractivity contribution in [1.29, 1.82) is 0 Å². The molecule has 36 heavy (non-hydrogen) atoms. The number of benzene rings is 1. The Balaban J connectivity index is 0.858. The second-order valence-corrected chi connectivity index (χ2v) is 12.3. The molecule has 1 aromatic heterocycles. The number of hydrogen-bond donors (Lipinski definition) is 1. The summed E-state index contributed by atoms with van der Waals surface area (Å²) in [5.74, 6) is 2.43. The number of amides is 2. The van der Waals surface area contributed by atoms with E-state index >= 15 is 0 Å². The Morgan fingerprint density at radius 1 is 0.917 bits per heavy atom. The third kappa shape index (κ3) is 3.78. The van der Waals surface area contributed by atoms with Gasteiger partial charge in [-0.15, -0.1) is 10.2 Å². The molecule has 5 fully saturated rings. The van der Waals surface area contributed by atoms with Crippen molar-refractivity contribution in [1.82, 2.24) is 25.0 Å². The fraction of sp³-hybridized carbons (Fsp3) is 0.654. The van der Waals surface area contributed by atoms with Crippen molar-refractivity contribution in [3.8, 4) is 0 Å². The molecular formula is C26H29F4N5O. The summed E-state index contributed by atoms with van der Waals surface area (Å²) in [5, 5.41) is 8.64. The minimum absolute atomic E-state index is 0.0934. The van der Waals surface area contributed by atoms with Gasteiger partial charge in [0.05, 0.1) is 5.56 Å². The van der Waals surface area contributed by atoms with Crippen molar-refractivity contribution in [2.24, 2.45) is 16.7 Å². The molecule has 1 N–H and O–H groups in total. The molecule has 3 saturated carbocycles. The Bertz CT molecular complexity index is 1190. The molecule has 2 saturated heterocycles. The van der Waals surface area contributed by atoms with Crippen LogP contribution in [-0.2, 0) is 12.6 Å².